The van der Waals surface area contributed by atoms with Gasteiger partial charge in [-0.3, -0.25) is 0 Å². The number of aliphatic hydroxyl groups excluding tert-OH is 1. The maximum absolute atomic E-state index is 8.90. The molecule has 0 unspecified atom stereocenters. The van der Waals surface area contributed by atoms with E-state index in [9.17, 15) is 0 Å². The second kappa shape index (κ2) is 4.33. The summed E-state index contributed by atoms with van der Waals surface area (Å²) in [6.45, 7) is 6.14. The molecule has 1 N–H and O–H groups in total. The van der Waals surface area contributed by atoms with Crippen LogP contribution in [0, 0.1) is 12.8 Å². The van der Waals surface area contributed by atoms with Gasteiger partial charge >= 0.3 is 0 Å². The van der Waals surface area contributed by atoms with Crippen LogP contribution < -0.4 is 0 Å². The Balaban J connectivity index is 2.88. The van der Waals surface area contributed by atoms with Crippen molar-refractivity contribution in [2.45, 2.75) is 33.8 Å². The molecule has 1 rings (SSSR count). The fourth-order valence-electron chi connectivity index (χ4n) is 1.29. The lowest BCUT2D eigenvalue weighted by Crippen LogP contribution is -2.04. The van der Waals surface area contributed by atoms with Crippen molar-refractivity contribution in [3.8, 4) is 0 Å². The molecule has 0 atom stereocenters. The Morgan fingerprint density at radius 1 is 1.38 bits per heavy atom. The molecule has 1 aromatic rings. The molecule has 3 nitrogen and oxygen atoms in total. The zero-order valence-electron chi connectivity index (χ0n) is 8.41. The molecule has 0 aliphatic heterocycles. The second-order valence-corrected chi connectivity index (χ2v) is 3.67. The fourth-order valence-corrected chi connectivity index (χ4v) is 1.29. The van der Waals surface area contributed by atoms with Gasteiger partial charge in [-0.05, 0) is 25.3 Å². The van der Waals surface area contributed by atoms with Gasteiger partial charge in [-0.1, -0.05) is 13.8 Å². The normalized spacial score (nSPS) is 10.8. The van der Waals surface area contributed by atoms with Crippen molar-refractivity contribution in [1.29, 1.82) is 0 Å². The molecule has 0 spiro atoms. The van der Waals surface area contributed by atoms with Gasteiger partial charge in [-0.15, -0.1) is 0 Å². The highest BCUT2D eigenvalue weighted by atomic mass is 16.3. The maximum atomic E-state index is 8.90. The van der Waals surface area contributed by atoms with E-state index in [-0.39, 0.29) is 6.61 Å². The zero-order valence-corrected chi connectivity index (χ0v) is 8.41. The average molecular weight is 180 g/mol. The highest BCUT2D eigenvalue weighted by Crippen LogP contribution is 2.07. The van der Waals surface area contributed by atoms with E-state index >= 15 is 0 Å². The van der Waals surface area contributed by atoms with Gasteiger partial charge in [-0.2, -0.15) is 0 Å². The number of nitrogens with zero attached hydrogens (tertiary/aromatic N) is 2. The molecule has 0 aromatic carbocycles. The highest BCUT2D eigenvalue weighted by molar-refractivity contribution is 5.10. The van der Waals surface area contributed by atoms with Crippen LogP contribution in [0.25, 0.3) is 0 Å². The Morgan fingerprint density at radius 3 is 2.62 bits per heavy atom. The lowest BCUT2D eigenvalue weighted by Gasteiger charge is -2.06. The van der Waals surface area contributed by atoms with Gasteiger partial charge < -0.3 is 5.11 Å². The third-order valence-corrected chi connectivity index (χ3v) is 1.71. The Labute approximate surface area is 78.9 Å². The van der Waals surface area contributed by atoms with E-state index in [2.05, 4.69) is 23.8 Å². The van der Waals surface area contributed by atoms with Crippen LogP contribution in [0.5, 0.6) is 0 Å². The molecular formula is C10H16N2O. The van der Waals surface area contributed by atoms with Gasteiger partial charge in [0.05, 0.1) is 0 Å². The molecule has 0 amide bonds. The second-order valence-electron chi connectivity index (χ2n) is 3.67. The van der Waals surface area contributed by atoms with Crippen molar-refractivity contribution < 1.29 is 5.11 Å². The van der Waals surface area contributed by atoms with Crippen LogP contribution in [0.4, 0.5) is 0 Å². The summed E-state index contributed by atoms with van der Waals surface area (Å²) >= 11 is 0. The molecule has 1 heterocycles. The van der Waals surface area contributed by atoms with E-state index in [1.54, 1.807) is 0 Å². The topological polar surface area (TPSA) is 46.0 Å². The van der Waals surface area contributed by atoms with Gasteiger partial charge in [0.15, 0.2) is 5.82 Å². The smallest absolute Gasteiger partial charge is 0.154 e. The number of aromatic nitrogens is 2. The molecule has 72 valence electrons. The first-order valence-corrected chi connectivity index (χ1v) is 4.56. The molecule has 13 heavy (non-hydrogen) atoms. The SMILES string of the molecule is Cc1cc(CC(C)C)nc(CO)n1. The van der Waals surface area contributed by atoms with Crippen molar-refractivity contribution in [2.75, 3.05) is 0 Å². The van der Waals surface area contributed by atoms with Crippen LogP contribution in [-0.4, -0.2) is 15.1 Å². The molecule has 0 bridgehead atoms. The summed E-state index contributed by atoms with van der Waals surface area (Å²) in [7, 11) is 0. The molecule has 3 heteroatoms. The molecule has 1 aromatic heterocycles. The van der Waals surface area contributed by atoms with E-state index in [0.717, 1.165) is 17.8 Å². The average Bonchev–Trinajstić information content (AvgIpc) is 2.01. The highest BCUT2D eigenvalue weighted by Gasteiger charge is 2.03. The van der Waals surface area contributed by atoms with Crippen LogP contribution in [0.2, 0.25) is 0 Å². The maximum Gasteiger partial charge on any atom is 0.154 e. The number of hydrogen-bond donors (Lipinski definition) is 1. The molecular weight excluding hydrogens is 164 g/mol. The minimum atomic E-state index is -0.0766. The van der Waals surface area contributed by atoms with Gasteiger partial charge in [0.25, 0.3) is 0 Å². The Bertz CT molecular complexity index is 284. The van der Waals surface area contributed by atoms with Crippen LogP contribution in [-0.2, 0) is 13.0 Å². The number of hydrogen-bond acceptors (Lipinski definition) is 3. The minimum absolute atomic E-state index is 0.0766. The van der Waals surface area contributed by atoms with Crippen molar-refractivity contribution >= 4 is 0 Å². The molecule has 0 fully saturated rings. The monoisotopic (exact) mass is 180 g/mol. The third-order valence-electron chi connectivity index (χ3n) is 1.71. The van der Waals surface area contributed by atoms with Gasteiger partial charge in [0.1, 0.15) is 6.61 Å². The minimum Gasteiger partial charge on any atom is -0.388 e. The van der Waals surface area contributed by atoms with Gasteiger partial charge in [-0.25, -0.2) is 9.97 Å². The standard InChI is InChI=1S/C10H16N2O/c1-7(2)4-9-5-8(3)11-10(6-13)12-9/h5,7,13H,4,6H2,1-3H3. The first-order valence-electron chi connectivity index (χ1n) is 4.56. The van der Waals surface area contributed by atoms with Gasteiger partial charge in [0, 0.05) is 11.4 Å². The Kier molecular flexibility index (Phi) is 3.37. The van der Waals surface area contributed by atoms with E-state index in [1.807, 2.05) is 13.0 Å². The van der Waals surface area contributed by atoms with Crippen molar-refractivity contribution in [3.63, 3.8) is 0 Å². The predicted molar refractivity (Wildman–Crippen MR) is 51.2 cm³/mol. The summed E-state index contributed by atoms with van der Waals surface area (Å²) in [5.41, 5.74) is 1.95. The first-order chi connectivity index (χ1) is 6.11. The van der Waals surface area contributed by atoms with Gasteiger partial charge in [0.2, 0.25) is 0 Å². The number of rotatable bonds is 3. The van der Waals surface area contributed by atoms with E-state index in [1.165, 1.54) is 0 Å². The molecule has 0 saturated carbocycles. The quantitative estimate of drug-likeness (QED) is 0.766. The van der Waals surface area contributed by atoms with Crippen LogP contribution in [0.1, 0.15) is 31.1 Å². The molecule has 0 saturated heterocycles. The lowest BCUT2D eigenvalue weighted by molar-refractivity contribution is 0.270. The predicted octanol–water partition coefficient (Wildman–Crippen LogP) is 1.48. The molecule has 0 aliphatic carbocycles. The third kappa shape index (κ3) is 3.11. The van der Waals surface area contributed by atoms with Crippen molar-refractivity contribution in [3.05, 3.63) is 23.3 Å². The largest absolute Gasteiger partial charge is 0.388 e. The van der Waals surface area contributed by atoms with E-state index < -0.39 is 0 Å². The van der Waals surface area contributed by atoms with E-state index in [4.69, 9.17) is 5.11 Å². The molecule has 0 aliphatic rings. The van der Waals surface area contributed by atoms with Crippen LogP contribution in [0.3, 0.4) is 0 Å². The van der Waals surface area contributed by atoms with Crippen molar-refractivity contribution in [1.82, 2.24) is 9.97 Å². The summed E-state index contributed by atoms with van der Waals surface area (Å²) in [4.78, 5) is 8.33. The van der Waals surface area contributed by atoms with Crippen molar-refractivity contribution in [2.24, 2.45) is 5.92 Å². The number of aliphatic hydroxyl groups is 1. The van der Waals surface area contributed by atoms with Crippen LogP contribution >= 0.6 is 0 Å². The zero-order chi connectivity index (χ0) is 9.84. The van der Waals surface area contributed by atoms with Crippen LogP contribution in [0.15, 0.2) is 6.07 Å². The first kappa shape index (κ1) is 10.1. The summed E-state index contributed by atoms with van der Waals surface area (Å²) < 4.78 is 0. The molecule has 0 radical (unpaired) electrons. The lowest BCUT2D eigenvalue weighted by atomic mass is 10.1. The fraction of sp³-hybridized carbons (Fsp3) is 0.600. The Hall–Kier alpha value is -0.960. The summed E-state index contributed by atoms with van der Waals surface area (Å²) in [5, 5.41) is 8.90. The Morgan fingerprint density at radius 2 is 2.08 bits per heavy atom. The summed E-state index contributed by atoms with van der Waals surface area (Å²) in [6, 6.07) is 1.97. The summed E-state index contributed by atoms with van der Waals surface area (Å²) in [6.07, 6.45) is 0.941. The van der Waals surface area contributed by atoms with E-state index in [0.29, 0.717) is 11.7 Å². The summed E-state index contributed by atoms with van der Waals surface area (Å²) in [5.74, 6) is 1.11. The number of aryl methyl sites for hydroxylation is 1.